The zero-order valence-corrected chi connectivity index (χ0v) is 15.1. The predicted molar refractivity (Wildman–Crippen MR) is 102 cm³/mol. The minimum absolute atomic E-state index is 0.0402. The number of aromatic nitrogens is 2. The summed E-state index contributed by atoms with van der Waals surface area (Å²) in [5.74, 6) is 1.36. The van der Waals surface area contributed by atoms with E-state index in [0.29, 0.717) is 25.2 Å². The molecule has 0 fully saturated rings. The number of benzene rings is 2. The van der Waals surface area contributed by atoms with E-state index in [-0.39, 0.29) is 5.91 Å². The van der Waals surface area contributed by atoms with Crippen LogP contribution in [0.5, 0.6) is 5.75 Å². The molecule has 5 heteroatoms. The quantitative estimate of drug-likeness (QED) is 0.705. The van der Waals surface area contributed by atoms with Crippen molar-refractivity contribution in [2.75, 3.05) is 12.4 Å². The maximum absolute atomic E-state index is 12.1. The molecule has 0 atom stereocenters. The second-order valence-electron chi connectivity index (χ2n) is 6.28. The summed E-state index contributed by atoms with van der Waals surface area (Å²) in [6.45, 7) is 2.75. The Labute approximate surface area is 153 Å². The molecule has 26 heavy (non-hydrogen) atoms. The lowest BCUT2D eigenvalue weighted by molar-refractivity contribution is -0.116. The third kappa shape index (κ3) is 4.96. The van der Waals surface area contributed by atoms with Crippen LogP contribution in [0.4, 0.5) is 5.82 Å². The summed E-state index contributed by atoms with van der Waals surface area (Å²) in [5, 5.41) is 7.28. The van der Waals surface area contributed by atoms with Gasteiger partial charge in [-0.05, 0) is 36.6 Å². The summed E-state index contributed by atoms with van der Waals surface area (Å²) >= 11 is 0. The summed E-state index contributed by atoms with van der Waals surface area (Å²) in [5.41, 5.74) is 3.51. The molecule has 5 nitrogen and oxygen atoms in total. The first-order valence-electron chi connectivity index (χ1n) is 8.64. The number of nitrogens with zero attached hydrogens (tertiary/aromatic N) is 2. The van der Waals surface area contributed by atoms with E-state index in [1.807, 2.05) is 47.3 Å². The molecule has 1 N–H and O–H groups in total. The van der Waals surface area contributed by atoms with Crippen molar-refractivity contribution in [3.8, 4) is 5.75 Å². The Morgan fingerprint density at radius 1 is 1.12 bits per heavy atom. The van der Waals surface area contributed by atoms with Crippen LogP contribution >= 0.6 is 0 Å². The van der Waals surface area contributed by atoms with Gasteiger partial charge in [-0.3, -0.25) is 9.48 Å². The summed E-state index contributed by atoms with van der Waals surface area (Å²) in [7, 11) is 1.64. The Morgan fingerprint density at radius 3 is 2.65 bits per heavy atom. The number of carbonyl (C=O) groups is 1. The number of rotatable bonds is 7. The predicted octanol–water partition coefficient (Wildman–Crippen LogP) is 3.82. The van der Waals surface area contributed by atoms with Crippen LogP contribution in [0.25, 0.3) is 0 Å². The number of amides is 1. The lowest BCUT2D eigenvalue weighted by atomic mass is 10.1. The zero-order chi connectivity index (χ0) is 18.4. The molecule has 0 radical (unpaired) electrons. The molecule has 0 saturated carbocycles. The lowest BCUT2D eigenvalue weighted by Crippen LogP contribution is -2.13. The van der Waals surface area contributed by atoms with Crippen molar-refractivity contribution in [2.45, 2.75) is 26.3 Å². The summed E-state index contributed by atoms with van der Waals surface area (Å²) in [4.78, 5) is 12.1. The fraction of sp³-hybridized carbons (Fsp3) is 0.238. The van der Waals surface area contributed by atoms with Gasteiger partial charge < -0.3 is 10.1 Å². The number of methoxy groups -OCH3 is 1. The van der Waals surface area contributed by atoms with Crippen molar-refractivity contribution in [2.24, 2.45) is 0 Å². The summed E-state index contributed by atoms with van der Waals surface area (Å²) < 4.78 is 6.96. The molecule has 0 aliphatic carbocycles. The van der Waals surface area contributed by atoms with Crippen LogP contribution in [0.15, 0.2) is 60.8 Å². The van der Waals surface area contributed by atoms with Gasteiger partial charge in [-0.1, -0.05) is 42.0 Å². The van der Waals surface area contributed by atoms with E-state index in [4.69, 9.17) is 4.74 Å². The summed E-state index contributed by atoms with van der Waals surface area (Å²) in [6.07, 6.45) is 2.97. The molecule has 0 aliphatic heterocycles. The maximum atomic E-state index is 12.1. The molecular formula is C21H23N3O2. The van der Waals surface area contributed by atoms with Gasteiger partial charge in [0.25, 0.3) is 0 Å². The smallest absolute Gasteiger partial charge is 0.225 e. The topological polar surface area (TPSA) is 56.1 Å². The van der Waals surface area contributed by atoms with Crippen LogP contribution in [0.2, 0.25) is 0 Å². The first-order chi connectivity index (χ1) is 12.6. The first-order valence-corrected chi connectivity index (χ1v) is 8.64. The fourth-order valence-electron chi connectivity index (χ4n) is 2.77. The monoisotopic (exact) mass is 349 g/mol. The van der Waals surface area contributed by atoms with Crippen molar-refractivity contribution < 1.29 is 9.53 Å². The van der Waals surface area contributed by atoms with Crippen LogP contribution in [0.3, 0.4) is 0 Å². The van der Waals surface area contributed by atoms with E-state index >= 15 is 0 Å². The van der Waals surface area contributed by atoms with Gasteiger partial charge in [0.15, 0.2) is 5.82 Å². The van der Waals surface area contributed by atoms with Gasteiger partial charge >= 0.3 is 0 Å². The van der Waals surface area contributed by atoms with Crippen LogP contribution in [-0.4, -0.2) is 22.8 Å². The molecule has 1 heterocycles. The Kier molecular flexibility index (Phi) is 5.69. The highest BCUT2D eigenvalue weighted by atomic mass is 16.5. The van der Waals surface area contributed by atoms with Crippen molar-refractivity contribution in [1.82, 2.24) is 9.78 Å². The van der Waals surface area contributed by atoms with Gasteiger partial charge in [0, 0.05) is 18.7 Å². The SMILES string of the molecule is COc1ccc(CCC(=O)Nc2ccn(Cc3cccc(C)c3)n2)cc1. The number of hydrogen-bond donors (Lipinski definition) is 1. The molecule has 1 aromatic heterocycles. The van der Waals surface area contributed by atoms with Crippen LogP contribution in [-0.2, 0) is 17.8 Å². The number of ether oxygens (including phenoxy) is 1. The average Bonchev–Trinajstić information content (AvgIpc) is 3.07. The Balaban J connectivity index is 1.50. The third-order valence-corrected chi connectivity index (χ3v) is 4.13. The zero-order valence-electron chi connectivity index (χ0n) is 15.1. The Morgan fingerprint density at radius 2 is 1.92 bits per heavy atom. The van der Waals surface area contributed by atoms with Gasteiger partial charge in [-0.15, -0.1) is 0 Å². The first kappa shape index (κ1) is 17.7. The van der Waals surface area contributed by atoms with Gasteiger partial charge in [0.1, 0.15) is 5.75 Å². The molecule has 134 valence electrons. The molecule has 0 unspecified atom stereocenters. The number of aryl methyl sites for hydroxylation is 2. The van der Waals surface area contributed by atoms with Crippen molar-refractivity contribution in [1.29, 1.82) is 0 Å². The number of anilines is 1. The van der Waals surface area contributed by atoms with Gasteiger partial charge in [-0.2, -0.15) is 5.10 Å². The second-order valence-corrected chi connectivity index (χ2v) is 6.28. The molecule has 0 bridgehead atoms. The van der Waals surface area contributed by atoms with E-state index in [1.165, 1.54) is 11.1 Å². The molecule has 3 rings (SSSR count). The van der Waals surface area contributed by atoms with Gasteiger partial charge in [0.05, 0.1) is 13.7 Å². The highest BCUT2D eigenvalue weighted by Crippen LogP contribution is 2.13. The molecule has 2 aromatic carbocycles. The van der Waals surface area contributed by atoms with Gasteiger partial charge in [-0.25, -0.2) is 0 Å². The van der Waals surface area contributed by atoms with E-state index in [2.05, 4.69) is 35.5 Å². The molecule has 3 aromatic rings. The van der Waals surface area contributed by atoms with E-state index in [0.717, 1.165) is 11.3 Å². The molecule has 0 spiro atoms. The molecular weight excluding hydrogens is 326 g/mol. The second kappa shape index (κ2) is 8.34. The molecule has 0 saturated heterocycles. The highest BCUT2D eigenvalue weighted by molar-refractivity contribution is 5.89. The highest BCUT2D eigenvalue weighted by Gasteiger charge is 2.06. The average molecular weight is 349 g/mol. The van der Waals surface area contributed by atoms with Crippen LogP contribution in [0.1, 0.15) is 23.1 Å². The van der Waals surface area contributed by atoms with Crippen molar-refractivity contribution >= 4 is 11.7 Å². The Bertz CT molecular complexity index is 869. The minimum atomic E-state index is -0.0402. The van der Waals surface area contributed by atoms with E-state index < -0.39 is 0 Å². The number of carbonyl (C=O) groups excluding carboxylic acids is 1. The van der Waals surface area contributed by atoms with Crippen LogP contribution in [0, 0.1) is 6.92 Å². The normalized spacial score (nSPS) is 10.5. The molecule has 0 aliphatic rings. The lowest BCUT2D eigenvalue weighted by Gasteiger charge is -2.05. The number of hydrogen-bond acceptors (Lipinski definition) is 3. The fourth-order valence-corrected chi connectivity index (χ4v) is 2.77. The van der Waals surface area contributed by atoms with E-state index in [9.17, 15) is 4.79 Å². The van der Waals surface area contributed by atoms with Crippen LogP contribution < -0.4 is 10.1 Å². The van der Waals surface area contributed by atoms with Gasteiger partial charge in [0.2, 0.25) is 5.91 Å². The van der Waals surface area contributed by atoms with Crippen molar-refractivity contribution in [3.63, 3.8) is 0 Å². The largest absolute Gasteiger partial charge is 0.497 e. The molecule has 1 amide bonds. The minimum Gasteiger partial charge on any atom is -0.497 e. The third-order valence-electron chi connectivity index (χ3n) is 4.13. The van der Waals surface area contributed by atoms with E-state index in [1.54, 1.807) is 7.11 Å². The van der Waals surface area contributed by atoms with Crippen molar-refractivity contribution in [3.05, 3.63) is 77.5 Å². The maximum Gasteiger partial charge on any atom is 0.225 e. The Hall–Kier alpha value is -3.08. The number of nitrogens with one attached hydrogen (secondary N) is 1. The standard InChI is InChI=1S/C21H23N3O2/c1-16-4-3-5-18(14-16)15-24-13-12-20(23-24)22-21(25)11-8-17-6-9-19(26-2)10-7-17/h3-7,9-10,12-14H,8,11,15H2,1-2H3,(H,22,23,25). The summed E-state index contributed by atoms with van der Waals surface area (Å²) in [6, 6.07) is 17.9.